The summed E-state index contributed by atoms with van der Waals surface area (Å²) in [5.74, 6) is 2.45. The highest BCUT2D eigenvalue weighted by Crippen LogP contribution is 2.21. The molecule has 0 N–H and O–H groups in total. The lowest BCUT2D eigenvalue weighted by Gasteiger charge is -2.38. The number of carbonyl (C=O) groups excluding carboxylic acids is 1. The summed E-state index contributed by atoms with van der Waals surface area (Å²) in [6.07, 6.45) is 4.75. The number of hydrogen-bond donors (Lipinski definition) is 0. The third-order valence-electron chi connectivity index (χ3n) is 4.84. The Bertz CT molecular complexity index is 716. The average molecular weight is 357 g/mol. The molecule has 1 unspecified atom stereocenters. The van der Waals surface area contributed by atoms with Gasteiger partial charge in [-0.3, -0.25) is 4.79 Å². The molecule has 0 bridgehead atoms. The van der Waals surface area contributed by atoms with E-state index >= 15 is 0 Å². The molecular formula is C19H27N5O2. The first-order chi connectivity index (χ1) is 12.5. The Labute approximate surface area is 154 Å². The summed E-state index contributed by atoms with van der Waals surface area (Å²) in [5.41, 5.74) is 0. The van der Waals surface area contributed by atoms with Gasteiger partial charge in [-0.2, -0.15) is 0 Å². The van der Waals surface area contributed by atoms with Crippen LogP contribution in [0.25, 0.3) is 0 Å². The number of rotatable bonds is 6. The van der Waals surface area contributed by atoms with Gasteiger partial charge in [0.05, 0.1) is 0 Å². The summed E-state index contributed by atoms with van der Waals surface area (Å²) in [7, 11) is 1.89. The predicted octanol–water partition coefficient (Wildman–Crippen LogP) is 2.65. The van der Waals surface area contributed by atoms with Crippen molar-refractivity contribution in [3.8, 4) is 0 Å². The minimum absolute atomic E-state index is 0.113. The van der Waals surface area contributed by atoms with E-state index < -0.39 is 0 Å². The first-order valence-electron chi connectivity index (χ1n) is 9.28. The molecule has 140 valence electrons. The van der Waals surface area contributed by atoms with Gasteiger partial charge in [0.2, 0.25) is 17.7 Å². The summed E-state index contributed by atoms with van der Waals surface area (Å²) >= 11 is 0. The lowest BCUT2D eigenvalue weighted by atomic mass is 10.0. The predicted molar refractivity (Wildman–Crippen MR) is 99.0 cm³/mol. The van der Waals surface area contributed by atoms with Gasteiger partial charge in [0.1, 0.15) is 5.82 Å². The Morgan fingerprint density at radius 2 is 2.23 bits per heavy atom. The van der Waals surface area contributed by atoms with Crippen LogP contribution in [0.3, 0.4) is 0 Å². The summed E-state index contributed by atoms with van der Waals surface area (Å²) in [6, 6.07) is 6.14. The molecule has 0 spiro atoms. The quantitative estimate of drug-likeness (QED) is 0.791. The fourth-order valence-corrected chi connectivity index (χ4v) is 3.21. The van der Waals surface area contributed by atoms with Gasteiger partial charge in [-0.15, -0.1) is 10.2 Å². The Balaban J connectivity index is 1.54. The van der Waals surface area contributed by atoms with Crippen molar-refractivity contribution >= 4 is 11.7 Å². The van der Waals surface area contributed by atoms with Gasteiger partial charge in [0.15, 0.2) is 0 Å². The van der Waals surface area contributed by atoms with E-state index in [4.69, 9.17) is 4.42 Å². The van der Waals surface area contributed by atoms with E-state index in [2.05, 4.69) is 20.1 Å². The number of aromatic nitrogens is 3. The topological polar surface area (TPSA) is 75.4 Å². The summed E-state index contributed by atoms with van der Waals surface area (Å²) in [4.78, 5) is 21.2. The van der Waals surface area contributed by atoms with Crippen molar-refractivity contribution < 1.29 is 9.21 Å². The molecule has 1 amide bonds. The number of aryl methyl sites for hydroxylation is 1. The average Bonchev–Trinajstić information content (AvgIpc) is 3.16. The van der Waals surface area contributed by atoms with Crippen LogP contribution in [0, 0.1) is 0 Å². The monoisotopic (exact) mass is 357 g/mol. The molecule has 2 aromatic heterocycles. The molecule has 1 fully saturated rings. The van der Waals surface area contributed by atoms with Crippen molar-refractivity contribution in [3.05, 3.63) is 36.2 Å². The number of nitrogens with zero attached hydrogens (tertiary/aromatic N) is 5. The number of amides is 1. The number of likely N-dealkylation sites (N-methyl/N-ethyl adjacent to an activating group) is 1. The molecule has 2 aromatic rings. The Morgan fingerprint density at radius 3 is 2.92 bits per heavy atom. The van der Waals surface area contributed by atoms with Gasteiger partial charge in [0.25, 0.3) is 0 Å². The molecule has 0 saturated carbocycles. The summed E-state index contributed by atoms with van der Waals surface area (Å²) in [6.45, 7) is 5.81. The molecule has 1 aliphatic heterocycles. The van der Waals surface area contributed by atoms with E-state index in [0.29, 0.717) is 24.6 Å². The SMILES string of the molecule is CC(C)c1nnc(CCC(=O)N(C)C2CCCN(c3ccccn3)C2)o1. The van der Waals surface area contributed by atoms with Crippen LogP contribution < -0.4 is 4.90 Å². The highest BCUT2D eigenvalue weighted by Gasteiger charge is 2.26. The maximum absolute atomic E-state index is 12.6. The van der Waals surface area contributed by atoms with Crippen molar-refractivity contribution in [2.75, 3.05) is 25.0 Å². The Hall–Kier alpha value is -2.44. The van der Waals surface area contributed by atoms with Crippen LogP contribution in [0.1, 0.15) is 50.8 Å². The standard InChI is InChI=1S/C19H27N5O2/c1-14(2)19-22-21-17(26-19)9-10-18(25)23(3)15-7-6-12-24(13-15)16-8-4-5-11-20-16/h4-5,8,11,14-15H,6-7,9-10,12-13H2,1-3H3. The van der Waals surface area contributed by atoms with Crippen molar-refractivity contribution in [1.82, 2.24) is 20.1 Å². The zero-order valence-corrected chi connectivity index (χ0v) is 15.8. The van der Waals surface area contributed by atoms with Crippen LogP contribution in [0.15, 0.2) is 28.8 Å². The summed E-state index contributed by atoms with van der Waals surface area (Å²) < 4.78 is 5.59. The smallest absolute Gasteiger partial charge is 0.223 e. The first-order valence-corrected chi connectivity index (χ1v) is 9.28. The highest BCUT2D eigenvalue weighted by atomic mass is 16.4. The fraction of sp³-hybridized carbons (Fsp3) is 0.579. The molecule has 0 radical (unpaired) electrons. The molecule has 1 atom stereocenters. The van der Waals surface area contributed by atoms with Gasteiger partial charge in [0, 0.05) is 51.1 Å². The molecule has 3 rings (SSSR count). The molecule has 3 heterocycles. The van der Waals surface area contributed by atoms with Crippen LogP contribution in [-0.4, -0.2) is 52.2 Å². The number of carbonyl (C=O) groups is 1. The van der Waals surface area contributed by atoms with E-state index in [1.165, 1.54) is 0 Å². The summed E-state index contributed by atoms with van der Waals surface area (Å²) in [5, 5.41) is 8.05. The first kappa shape index (κ1) is 18.4. The van der Waals surface area contributed by atoms with E-state index in [9.17, 15) is 4.79 Å². The van der Waals surface area contributed by atoms with Gasteiger partial charge in [-0.05, 0) is 25.0 Å². The zero-order chi connectivity index (χ0) is 18.5. The van der Waals surface area contributed by atoms with Gasteiger partial charge < -0.3 is 14.2 Å². The van der Waals surface area contributed by atoms with Crippen molar-refractivity contribution in [2.24, 2.45) is 0 Å². The highest BCUT2D eigenvalue weighted by molar-refractivity contribution is 5.76. The second-order valence-electron chi connectivity index (χ2n) is 7.12. The van der Waals surface area contributed by atoms with Crippen LogP contribution in [0.4, 0.5) is 5.82 Å². The number of piperidine rings is 1. The maximum Gasteiger partial charge on any atom is 0.223 e. The second kappa shape index (κ2) is 8.29. The largest absolute Gasteiger partial charge is 0.425 e. The molecule has 7 heteroatoms. The molecule has 1 aliphatic rings. The molecule has 0 aromatic carbocycles. The number of hydrogen-bond acceptors (Lipinski definition) is 6. The fourth-order valence-electron chi connectivity index (χ4n) is 3.21. The van der Waals surface area contributed by atoms with Crippen molar-refractivity contribution in [2.45, 2.75) is 51.5 Å². The van der Waals surface area contributed by atoms with Gasteiger partial charge >= 0.3 is 0 Å². The third-order valence-corrected chi connectivity index (χ3v) is 4.84. The van der Waals surface area contributed by atoms with Gasteiger partial charge in [-0.1, -0.05) is 19.9 Å². The zero-order valence-electron chi connectivity index (χ0n) is 15.8. The van der Waals surface area contributed by atoms with E-state index in [-0.39, 0.29) is 17.9 Å². The van der Waals surface area contributed by atoms with Crippen molar-refractivity contribution in [1.29, 1.82) is 0 Å². The number of pyridine rings is 1. The minimum Gasteiger partial charge on any atom is -0.425 e. The molecule has 0 aliphatic carbocycles. The van der Waals surface area contributed by atoms with E-state index in [1.54, 1.807) is 0 Å². The van der Waals surface area contributed by atoms with Crippen LogP contribution in [0.2, 0.25) is 0 Å². The van der Waals surface area contributed by atoms with Gasteiger partial charge in [-0.25, -0.2) is 4.98 Å². The van der Waals surface area contributed by atoms with E-state index in [1.807, 2.05) is 50.2 Å². The number of anilines is 1. The normalized spacial score (nSPS) is 17.5. The van der Waals surface area contributed by atoms with Crippen LogP contribution in [0.5, 0.6) is 0 Å². The lowest BCUT2D eigenvalue weighted by Crippen LogP contribution is -2.48. The molecule has 1 saturated heterocycles. The maximum atomic E-state index is 12.6. The molecular weight excluding hydrogens is 330 g/mol. The van der Waals surface area contributed by atoms with Crippen molar-refractivity contribution in [3.63, 3.8) is 0 Å². The van der Waals surface area contributed by atoms with Crippen LogP contribution >= 0.6 is 0 Å². The lowest BCUT2D eigenvalue weighted by molar-refractivity contribution is -0.132. The van der Waals surface area contributed by atoms with E-state index in [0.717, 1.165) is 31.7 Å². The molecule has 7 nitrogen and oxygen atoms in total. The Kier molecular flexibility index (Phi) is 5.85. The Morgan fingerprint density at radius 1 is 1.38 bits per heavy atom. The molecule has 26 heavy (non-hydrogen) atoms. The minimum atomic E-state index is 0.113. The third kappa shape index (κ3) is 4.39. The second-order valence-corrected chi connectivity index (χ2v) is 7.12. The van der Waals surface area contributed by atoms with Crippen LogP contribution in [-0.2, 0) is 11.2 Å².